The number of nitrogens with two attached hydrogens (primary N) is 2. The van der Waals surface area contributed by atoms with Gasteiger partial charge >= 0.3 is 13.9 Å². The number of phosphoric acid groups is 1. The number of phosphoric ester groups is 1. The van der Waals surface area contributed by atoms with Crippen LogP contribution in [0.25, 0.3) is 0 Å². The van der Waals surface area contributed by atoms with Crippen molar-refractivity contribution in [2.24, 2.45) is 16.9 Å². The Kier molecular flexibility index (Phi) is 34.1. The zero-order valence-corrected chi connectivity index (χ0v) is 63.2. The number of Topliss-reactive ketones (excluding diaryl/α,β-unsaturated/α-hetero) is 1. The normalized spacial score (nSPS) is 35.6. The summed E-state index contributed by atoms with van der Waals surface area (Å²) in [6.45, 7) is 17.0. The minimum atomic E-state index is -5.98. The van der Waals surface area contributed by atoms with E-state index in [1.54, 1.807) is 6.08 Å². The second kappa shape index (κ2) is 40.5. The third kappa shape index (κ3) is 25.7. The monoisotopic (exact) mass is 1580 g/mol. The predicted octanol–water partition coefficient (Wildman–Crippen LogP) is -1.63. The minimum Gasteiger partial charge on any atom is -0.510 e. The van der Waals surface area contributed by atoms with E-state index in [1.165, 1.54) is 18.1 Å². The third-order valence-electron chi connectivity index (χ3n) is 18.8. The molecule has 26 atom stereocenters. The Bertz CT molecular complexity index is 3350. The Morgan fingerprint density at radius 3 is 1.97 bits per heavy atom. The number of hydrogen-bond acceptors (Lipinski definition) is 33. The van der Waals surface area contributed by atoms with E-state index in [0.717, 1.165) is 64.0 Å². The van der Waals surface area contributed by atoms with Crippen LogP contribution in [0, 0.1) is 5.41 Å². The van der Waals surface area contributed by atoms with Crippen LogP contribution in [0.5, 0.6) is 0 Å². The number of ketones is 1. The standard InChI is InChI=1S/C69H108N5O34P/c1-32(2)15-14-17-33(3)18-19-35(5)22-25-67(9,10)24-13-12-16-34(4)23-26-95-44(97-31-76)30-98-109(93,94)108-69(27-43(102-66(71)91)68(11,92)59(106-69)60(70)89)107-63-47(73-38(8)78)50(83)57(42(101-63)29-96-64-54(87)51(84)48(81)41(28-75)100-64)104-62-46(72-37(7)77)49(82)56(36(6)99-62)103-65-55(88)52(85)53(86)58(105-65)61(90)74-45-39(79)20-21-40(45)80/h13,15,18,23-24,31,36,41-44,46-59,62-65,75,79,81-88,92H,5,12,14,16-17,19-22,25-30H2,1-4,6-11H3,(H2,70,89)(H2,71,91)(H,72,77)(H,73,78)(H,74,90)(H,93,94)/b24-13+,33-18+,34-23-/t36?,41?,42?,43-,44+,46?,47?,48-,49-,50-,51+,52+,53-,54?,55?,56-,57-,58?,59?,62+,63+,64-,65-,68+,69+/m1/s1. The number of ether oxygens (including phenoxy) is 12. The van der Waals surface area contributed by atoms with Crippen molar-refractivity contribution in [3.8, 4) is 0 Å². The van der Waals surface area contributed by atoms with Gasteiger partial charge < -0.3 is 141 Å². The second-order valence-corrected chi connectivity index (χ2v) is 30.1. The minimum absolute atomic E-state index is 0.0764. The number of aliphatic hydroxyl groups excluding tert-OH is 10. The summed E-state index contributed by atoms with van der Waals surface area (Å²) in [5.41, 5.74) is 12.3. The smallest absolute Gasteiger partial charge is 0.476 e. The van der Waals surface area contributed by atoms with Crippen molar-refractivity contribution in [2.75, 3.05) is 26.4 Å². The van der Waals surface area contributed by atoms with E-state index < -0.39 is 234 Å². The molecule has 19 N–H and O–H groups in total. The molecule has 5 saturated heterocycles. The highest BCUT2D eigenvalue weighted by atomic mass is 31.2. The second-order valence-electron chi connectivity index (χ2n) is 28.8. The lowest BCUT2D eigenvalue weighted by Crippen LogP contribution is -2.72. The van der Waals surface area contributed by atoms with E-state index in [4.69, 9.17) is 77.4 Å². The molecule has 10 unspecified atom stereocenters. The summed E-state index contributed by atoms with van der Waals surface area (Å²) in [7, 11) is -5.98. The Morgan fingerprint density at radius 2 is 1.37 bits per heavy atom. The van der Waals surface area contributed by atoms with Crippen molar-refractivity contribution in [3.05, 3.63) is 70.7 Å². The highest BCUT2D eigenvalue weighted by Gasteiger charge is 2.64. The average Bonchev–Trinajstić information content (AvgIpc) is 1.45. The molecule has 5 aliphatic heterocycles. The fraction of sp³-hybridized carbons (Fsp3) is 0.725. The summed E-state index contributed by atoms with van der Waals surface area (Å²) < 4.78 is 94.9. The van der Waals surface area contributed by atoms with Gasteiger partial charge in [-0.2, -0.15) is 0 Å². The molecule has 109 heavy (non-hydrogen) atoms. The molecule has 39 nitrogen and oxygen atoms in total. The van der Waals surface area contributed by atoms with E-state index in [9.17, 15) is 99.2 Å². The van der Waals surface area contributed by atoms with Crippen molar-refractivity contribution >= 4 is 49.8 Å². The molecule has 618 valence electrons. The maximum absolute atomic E-state index is 14.5. The number of carbonyl (C=O) groups excluding carboxylic acids is 7. The number of aliphatic hydroxyl groups is 11. The molecule has 0 bridgehead atoms. The topological polar surface area (TPSA) is 597 Å². The van der Waals surface area contributed by atoms with Crippen LogP contribution < -0.4 is 27.4 Å². The number of hydrogen-bond donors (Lipinski definition) is 17. The first-order chi connectivity index (χ1) is 50.9. The van der Waals surface area contributed by atoms with Crippen LogP contribution in [0.4, 0.5) is 4.79 Å². The zero-order valence-electron chi connectivity index (χ0n) is 62.3. The Labute approximate surface area is 629 Å². The fourth-order valence-electron chi connectivity index (χ4n) is 12.6. The summed E-state index contributed by atoms with van der Waals surface area (Å²) >= 11 is 0. The summed E-state index contributed by atoms with van der Waals surface area (Å²) in [6.07, 6.45) is -31.3. The first-order valence-corrected chi connectivity index (χ1v) is 36.8. The lowest BCUT2D eigenvalue weighted by Gasteiger charge is -2.52. The molecule has 0 aromatic carbocycles. The Hall–Kier alpha value is -6.16. The zero-order chi connectivity index (χ0) is 81.4. The van der Waals surface area contributed by atoms with Crippen LogP contribution >= 0.6 is 7.82 Å². The van der Waals surface area contributed by atoms with Crippen LogP contribution in [-0.2, 0) is 99.2 Å². The van der Waals surface area contributed by atoms with Crippen LogP contribution in [0.3, 0.4) is 0 Å². The van der Waals surface area contributed by atoms with E-state index in [2.05, 4.69) is 81.5 Å². The number of nitrogens with one attached hydrogen (secondary N) is 3. The highest BCUT2D eigenvalue weighted by molar-refractivity contribution is 7.47. The van der Waals surface area contributed by atoms with Crippen LogP contribution in [0.2, 0.25) is 0 Å². The summed E-state index contributed by atoms with van der Waals surface area (Å²) in [5, 5.41) is 129. The largest absolute Gasteiger partial charge is 0.510 e. The molecule has 0 aromatic heterocycles. The van der Waals surface area contributed by atoms with Crippen molar-refractivity contribution in [3.63, 3.8) is 0 Å². The third-order valence-corrected chi connectivity index (χ3v) is 19.8. The van der Waals surface area contributed by atoms with Crippen molar-refractivity contribution in [2.45, 2.75) is 286 Å². The highest BCUT2D eigenvalue weighted by Crippen LogP contribution is 2.53. The molecule has 5 amide bonds. The summed E-state index contributed by atoms with van der Waals surface area (Å²) in [6, 6.07) is -4.08. The average molecular weight is 1580 g/mol. The first-order valence-electron chi connectivity index (χ1n) is 35.4. The summed E-state index contributed by atoms with van der Waals surface area (Å²) in [4.78, 5) is 102. The van der Waals surface area contributed by atoms with Gasteiger partial charge in [-0.05, 0) is 91.9 Å². The van der Waals surface area contributed by atoms with Gasteiger partial charge in [0.05, 0.1) is 32.3 Å². The molecular formula is C69H108N5O34P. The Morgan fingerprint density at radius 1 is 0.761 bits per heavy atom. The molecule has 5 fully saturated rings. The van der Waals surface area contributed by atoms with Gasteiger partial charge in [0, 0.05) is 26.7 Å². The first kappa shape index (κ1) is 91.7. The van der Waals surface area contributed by atoms with E-state index in [1.807, 2.05) is 6.92 Å². The molecular weight excluding hydrogens is 1470 g/mol. The summed E-state index contributed by atoms with van der Waals surface area (Å²) in [5.74, 6) is -9.60. The maximum atomic E-state index is 14.5. The molecule has 5 heterocycles. The number of amides is 5. The molecule has 0 radical (unpaired) electrons. The Balaban J connectivity index is 1.27. The van der Waals surface area contributed by atoms with Crippen molar-refractivity contribution < 1.29 is 165 Å². The van der Waals surface area contributed by atoms with Gasteiger partial charge in [0.15, 0.2) is 43.2 Å². The van der Waals surface area contributed by atoms with E-state index >= 15 is 0 Å². The number of allylic oxidation sites excluding steroid dienone is 10. The molecule has 6 aliphatic rings. The van der Waals surface area contributed by atoms with Crippen molar-refractivity contribution in [1.29, 1.82) is 0 Å². The van der Waals surface area contributed by atoms with Gasteiger partial charge in [-0.1, -0.05) is 73.1 Å². The fourth-order valence-corrected chi connectivity index (χ4v) is 13.4. The molecule has 0 aromatic rings. The van der Waals surface area contributed by atoms with Gasteiger partial charge in [-0.3, -0.25) is 38.0 Å². The van der Waals surface area contributed by atoms with E-state index in [-0.39, 0.29) is 31.3 Å². The SMILES string of the molecule is C=C(C/C=C(\C)CCC=C(C)C)CCC(C)(C)/C=C/CC/C(C)=C\CO[C@H](COP(=O)(O)O[C@@]1(O[C@@H]2OC(CO[C@@H]3OC(CO)[C@@H](O)[C@H](O)C3O)[C@@H](O[C@@H]3OC(C)[C@@H](O[C@@H]4OC(C(=O)NC5=C(O)CCC5=O)[C@H](O)[C@H](O)C4O)[C@H](O)C3NC(C)=O)[C@H](O)C2NC(C)=O)C[C@@H](OC(N)=O)[C@](C)(O)C(C(N)=O)O1)OC=O. The lowest BCUT2D eigenvalue weighted by atomic mass is 9.85. The molecule has 0 spiro atoms. The van der Waals surface area contributed by atoms with Gasteiger partial charge in [-0.25, -0.2) is 13.9 Å². The van der Waals surface area contributed by atoms with Crippen LogP contribution in [0.15, 0.2) is 70.7 Å². The molecule has 40 heteroatoms. The maximum Gasteiger partial charge on any atom is 0.476 e. The van der Waals surface area contributed by atoms with Crippen molar-refractivity contribution in [1.82, 2.24) is 16.0 Å². The predicted molar refractivity (Wildman–Crippen MR) is 371 cm³/mol. The van der Waals surface area contributed by atoms with Gasteiger partial charge in [-0.15, -0.1) is 0 Å². The quantitative estimate of drug-likeness (QED) is 0.0143. The lowest BCUT2D eigenvalue weighted by molar-refractivity contribution is -0.454. The molecule has 1 aliphatic carbocycles. The van der Waals surface area contributed by atoms with Crippen LogP contribution in [0.1, 0.15) is 133 Å². The van der Waals surface area contributed by atoms with Gasteiger partial charge in [0.1, 0.15) is 115 Å². The molecule has 0 saturated carbocycles. The molecule has 6 rings (SSSR count). The van der Waals surface area contributed by atoms with Gasteiger partial charge in [0.2, 0.25) is 24.0 Å². The number of rotatable bonds is 38. The number of primary amides is 2. The van der Waals surface area contributed by atoms with E-state index in [0.29, 0.717) is 12.8 Å². The van der Waals surface area contributed by atoms with Gasteiger partial charge in [0.25, 0.3) is 18.4 Å². The van der Waals surface area contributed by atoms with Crippen LogP contribution in [-0.4, -0.2) is 282 Å². The number of carbonyl (C=O) groups is 7.